The van der Waals surface area contributed by atoms with Gasteiger partial charge >= 0.3 is 5.97 Å². The molecule has 2 aromatic rings. The average molecular weight is 342 g/mol. The first-order chi connectivity index (χ1) is 12.1. The summed E-state index contributed by atoms with van der Waals surface area (Å²) in [5, 5.41) is 10.9. The van der Waals surface area contributed by atoms with Gasteiger partial charge in [-0.15, -0.1) is 0 Å². The Balaban J connectivity index is 2.62. The van der Waals surface area contributed by atoms with Crippen molar-refractivity contribution in [3.63, 3.8) is 0 Å². The molecule has 0 amide bonds. The smallest absolute Gasteiger partial charge is 0.338 e. The first kappa shape index (κ1) is 19.2. The van der Waals surface area contributed by atoms with Crippen LogP contribution in [-0.2, 0) is 19.9 Å². The fraction of sp³-hybridized carbons (Fsp3) is 0.381. The Morgan fingerprint density at radius 2 is 1.52 bits per heavy atom. The summed E-state index contributed by atoms with van der Waals surface area (Å²) >= 11 is 0. The molecule has 4 heteroatoms. The Morgan fingerprint density at radius 1 is 1.04 bits per heavy atom. The number of ether oxygens (including phenoxy) is 2. The van der Waals surface area contributed by atoms with Crippen LogP contribution >= 0.6 is 0 Å². The standard InChI is InChI=1S/C21H26O4/c1-4-16(2)15-25-21(19(22)20(23)24-3,17-11-7-5-8-12-17)18-13-9-6-10-14-18/h5-14,16,19,22H,4,15H2,1-3H3/t16-,19+/m1/s1. The van der Waals surface area contributed by atoms with Crippen molar-refractivity contribution in [1.29, 1.82) is 0 Å². The summed E-state index contributed by atoms with van der Waals surface area (Å²) in [4.78, 5) is 12.3. The van der Waals surface area contributed by atoms with Crippen molar-refractivity contribution >= 4 is 5.97 Å². The van der Waals surface area contributed by atoms with Gasteiger partial charge in [-0.05, 0) is 17.0 Å². The molecule has 0 aliphatic carbocycles. The van der Waals surface area contributed by atoms with Crippen LogP contribution in [0.3, 0.4) is 0 Å². The molecule has 0 saturated heterocycles. The van der Waals surface area contributed by atoms with Crippen molar-refractivity contribution in [3.05, 3.63) is 71.8 Å². The highest BCUT2D eigenvalue weighted by Crippen LogP contribution is 2.38. The van der Waals surface area contributed by atoms with Crippen LogP contribution < -0.4 is 0 Å². The van der Waals surface area contributed by atoms with Crippen LogP contribution in [0.2, 0.25) is 0 Å². The zero-order valence-corrected chi connectivity index (χ0v) is 15.0. The molecule has 2 aromatic carbocycles. The Labute approximate surface area is 149 Å². The summed E-state index contributed by atoms with van der Waals surface area (Å²) in [6, 6.07) is 18.7. The fourth-order valence-corrected chi connectivity index (χ4v) is 2.77. The van der Waals surface area contributed by atoms with E-state index in [2.05, 4.69) is 13.8 Å². The van der Waals surface area contributed by atoms with Crippen molar-refractivity contribution in [3.8, 4) is 0 Å². The van der Waals surface area contributed by atoms with Gasteiger partial charge in [0.05, 0.1) is 13.7 Å². The normalized spacial score (nSPS) is 13.9. The molecule has 2 atom stereocenters. The van der Waals surface area contributed by atoms with E-state index in [-0.39, 0.29) is 5.92 Å². The van der Waals surface area contributed by atoms with Gasteiger partial charge in [0.25, 0.3) is 0 Å². The van der Waals surface area contributed by atoms with E-state index in [0.29, 0.717) is 17.7 Å². The van der Waals surface area contributed by atoms with Crippen LogP contribution in [0.4, 0.5) is 0 Å². The van der Waals surface area contributed by atoms with Gasteiger partial charge in [-0.3, -0.25) is 0 Å². The summed E-state index contributed by atoms with van der Waals surface area (Å²) in [5.74, 6) is -0.437. The summed E-state index contributed by atoms with van der Waals surface area (Å²) in [6.45, 7) is 4.57. The van der Waals surface area contributed by atoms with E-state index in [0.717, 1.165) is 6.42 Å². The van der Waals surface area contributed by atoms with Crippen molar-refractivity contribution in [2.45, 2.75) is 32.0 Å². The maximum Gasteiger partial charge on any atom is 0.338 e. The minimum absolute atomic E-state index is 0.289. The summed E-state index contributed by atoms with van der Waals surface area (Å²) in [6.07, 6.45) is -0.542. The molecule has 0 aliphatic rings. The molecule has 25 heavy (non-hydrogen) atoms. The van der Waals surface area contributed by atoms with Crippen molar-refractivity contribution in [2.75, 3.05) is 13.7 Å². The molecule has 0 bridgehead atoms. The molecule has 0 saturated carbocycles. The third kappa shape index (κ3) is 4.09. The highest BCUT2D eigenvalue weighted by atomic mass is 16.6. The molecule has 0 radical (unpaired) electrons. The van der Waals surface area contributed by atoms with Crippen LogP contribution in [0.5, 0.6) is 0 Å². The second-order valence-electron chi connectivity index (χ2n) is 6.22. The molecule has 0 aliphatic heterocycles. The molecule has 0 aromatic heterocycles. The second-order valence-corrected chi connectivity index (χ2v) is 6.22. The number of carbonyl (C=O) groups is 1. The molecule has 134 valence electrons. The van der Waals surface area contributed by atoms with Gasteiger partial charge in [0.15, 0.2) is 11.7 Å². The van der Waals surface area contributed by atoms with Gasteiger partial charge in [-0.1, -0.05) is 80.9 Å². The largest absolute Gasteiger partial charge is 0.467 e. The molecule has 0 heterocycles. The molecular weight excluding hydrogens is 316 g/mol. The van der Waals surface area contributed by atoms with Gasteiger partial charge in [-0.2, -0.15) is 0 Å². The Kier molecular flexibility index (Phi) is 6.73. The summed E-state index contributed by atoms with van der Waals surface area (Å²) in [7, 11) is 1.26. The van der Waals surface area contributed by atoms with E-state index < -0.39 is 17.7 Å². The Bertz CT molecular complexity index is 615. The van der Waals surface area contributed by atoms with Crippen LogP contribution in [0.15, 0.2) is 60.7 Å². The first-order valence-corrected chi connectivity index (χ1v) is 8.57. The van der Waals surface area contributed by atoms with E-state index in [1.54, 1.807) is 0 Å². The highest BCUT2D eigenvalue weighted by Gasteiger charge is 2.47. The number of aliphatic hydroxyl groups is 1. The summed E-state index contributed by atoms with van der Waals surface area (Å²) < 4.78 is 11.1. The monoisotopic (exact) mass is 342 g/mol. The van der Waals surface area contributed by atoms with Crippen molar-refractivity contribution < 1.29 is 19.4 Å². The molecular formula is C21H26O4. The van der Waals surface area contributed by atoms with E-state index in [9.17, 15) is 9.90 Å². The SMILES string of the molecule is CC[C@@H](C)COC(c1ccccc1)(c1ccccc1)[C@@H](O)C(=O)OC. The quantitative estimate of drug-likeness (QED) is 0.746. The number of hydrogen-bond acceptors (Lipinski definition) is 4. The minimum Gasteiger partial charge on any atom is -0.467 e. The topological polar surface area (TPSA) is 55.8 Å². The number of benzene rings is 2. The molecule has 0 spiro atoms. The zero-order valence-electron chi connectivity index (χ0n) is 15.0. The highest BCUT2D eigenvalue weighted by molar-refractivity contribution is 5.77. The maximum atomic E-state index is 12.3. The van der Waals surface area contributed by atoms with Gasteiger partial charge in [0.2, 0.25) is 0 Å². The average Bonchev–Trinajstić information content (AvgIpc) is 2.69. The number of carbonyl (C=O) groups excluding carboxylic acids is 1. The number of aliphatic hydroxyl groups excluding tert-OH is 1. The third-order valence-electron chi connectivity index (χ3n) is 4.51. The molecule has 4 nitrogen and oxygen atoms in total. The van der Waals surface area contributed by atoms with E-state index in [4.69, 9.17) is 9.47 Å². The number of esters is 1. The number of hydrogen-bond donors (Lipinski definition) is 1. The van der Waals surface area contributed by atoms with E-state index in [1.165, 1.54) is 7.11 Å². The number of rotatable bonds is 8. The maximum absolute atomic E-state index is 12.3. The lowest BCUT2D eigenvalue weighted by molar-refractivity contribution is -0.172. The van der Waals surface area contributed by atoms with Gasteiger partial charge in [0, 0.05) is 0 Å². The molecule has 0 fully saturated rings. The first-order valence-electron chi connectivity index (χ1n) is 8.57. The molecule has 0 unspecified atom stereocenters. The number of methoxy groups -OCH3 is 1. The lowest BCUT2D eigenvalue weighted by Gasteiger charge is -2.38. The zero-order chi connectivity index (χ0) is 18.3. The third-order valence-corrected chi connectivity index (χ3v) is 4.51. The van der Waals surface area contributed by atoms with Crippen molar-refractivity contribution in [2.24, 2.45) is 5.92 Å². The predicted octanol–water partition coefficient (Wildman–Crippen LogP) is 3.53. The fourth-order valence-electron chi connectivity index (χ4n) is 2.77. The van der Waals surface area contributed by atoms with Crippen LogP contribution in [-0.4, -0.2) is 30.9 Å². The lowest BCUT2D eigenvalue weighted by atomic mass is 9.81. The van der Waals surface area contributed by atoms with Gasteiger partial charge in [0.1, 0.15) is 0 Å². The predicted molar refractivity (Wildman–Crippen MR) is 97.1 cm³/mol. The second kappa shape index (κ2) is 8.79. The van der Waals surface area contributed by atoms with Crippen molar-refractivity contribution in [1.82, 2.24) is 0 Å². The van der Waals surface area contributed by atoms with E-state index in [1.807, 2.05) is 60.7 Å². The van der Waals surface area contributed by atoms with Crippen LogP contribution in [0.1, 0.15) is 31.4 Å². The van der Waals surface area contributed by atoms with E-state index >= 15 is 0 Å². The molecule has 1 N–H and O–H groups in total. The lowest BCUT2D eigenvalue weighted by Crippen LogP contribution is -2.49. The Morgan fingerprint density at radius 3 is 1.92 bits per heavy atom. The van der Waals surface area contributed by atoms with Gasteiger partial charge in [-0.25, -0.2) is 4.79 Å². The molecule has 2 rings (SSSR count). The summed E-state index contributed by atoms with van der Waals surface area (Å²) in [5.41, 5.74) is 0.101. The minimum atomic E-state index is -1.48. The van der Waals surface area contributed by atoms with Crippen LogP contribution in [0, 0.1) is 5.92 Å². The van der Waals surface area contributed by atoms with Crippen LogP contribution in [0.25, 0.3) is 0 Å². The van der Waals surface area contributed by atoms with Gasteiger partial charge < -0.3 is 14.6 Å². The Hall–Kier alpha value is -2.17.